The number of nitrogens with one attached hydrogen (secondary N) is 1. The molecule has 100 valence electrons. The largest absolute Gasteiger partial charge is 0.497 e. The van der Waals surface area contributed by atoms with Crippen LogP contribution in [0.1, 0.15) is 24.1 Å². The lowest BCUT2D eigenvalue weighted by Gasteiger charge is -2.16. The monoisotopic (exact) mass is 320 g/mol. The van der Waals surface area contributed by atoms with Gasteiger partial charge in [-0.25, -0.2) is 4.98 Å². The lowest BCUT2D eigenvalue weighted by atomic mass is 10.1. The Balaban J connectivity index is 2.10. The molecule has 1 heterocycles. The highest BCUT2D eigenvalue weighted by atomic mass is 79.9. The summed E-state index contributed by atoms with van der Waals surface area (Å²) >= 11 is 3.40. The van der Waals surface area contributed by atoms with E-state index in [1.165, 1.54) is 5.56 Å². The number of benzene rings is 1. The summed E-state index contributed by atoms with van der Waals surface area (Å²) in [5, 5.41) is 3.44. The maximum atomic E-state index is 5.16. The van der Waals surface area contributed by atoms with Crippen LogP contribution in [0.2, 0.25) is 0 Å². The maximum Gasteiger partial charge on any atom is 0.118 e. The lowest BCUT2D eigenvalue weighted by molar-refractivity contribution is 0.414. The summed E-state index contributed by atoms with van der Waals surface area (Å²) in [5.41, 5.74) is 3.34. The summed E-state index contributed by atoms with van der Waals surface area (Å²) in [6.07, 6.45) is 1.83. The van der Waals surface area contributed by atoms with E-state index in [9.17, 15) is 0 Å². The molecule has 0 saturated carbocycles. The minimum atomic E-state index is 0.216. The van der Waals surface area contributed by atoms with Gasteiger partial charge in [-0.3, -0.25) is 0 Å². The van der Waals surface area contributed by atoms with Crippen LogP contribution in [0.5, 0.6) is 5.75 Å². The molecule has 0 aliphatic rings. The second-order valence-electron chi connectivity index (χ2n) is 4.47. The highest BCUT2D eigenvalue weighted by molar-refractivity contribution is 9.10. The topological polar surface area (TPSA) is 34.1 Å². The number of aromatic nitrogens is 1. The number of halogens is 1. The Morgan fingerprint density at radius 2 is 1.95 bits per heavy atom. The zero-order valence-corrected chi connectivity index (χ0v) is 12.9. The van der Waals surface area contributed by atoms with Gasteiger partial charge in [0.25, 0.3) is 0 Å². The van der Waals surface area contributed by atoms with Crippen molar-refractivity contribution in [2.75, 3.05) is 12.4 Å². The third-order valence-corrected chi connectivity index (χ3v) is 3.84. The SMILES string of the molecule is COc1ccc(C(C)Nc2cnc(Br)c(C)c2)cc1. The third kappa shape index (κ3) is 3.47. The van der Waals surface area contributed by atoms with Gasteiger partial charge in [-0.05, 0) is 59.1 Å². The van der Waals surface area contributed by atoms with Gasteiger partial charge in [-0.2, -0.15) is 0 Å². The molecular formula is C15H17BrN2O. The van der Waals surface area contributed by atoms with Gasteiger partial charge in [0.2, 0.25) is 0 Å². The van der Waals surface area contributed by atoms with E-state index in [-0.39, 0.29) is 6.04 Å². The number of pyridine rings is 1. The summed E-state index contributed by atoms with van der Waals surface area (Å²) in [4.78, 5) is 4.29. The Labute approximate surface area is 122 Å². The zero-order valence-electron chi connectivity index (χ0n) is 11.3. The first-order valence-corrected chi connectivity index (χ1v) is 6.92. The molecule has 1 unspecified atom stereocenters. The van der Waals surface area contributed by atoms with Crippen LogP contribution in [-0.4, -0.2) is 12.1 Å². The molecule has 0 aliphatic carbocycles. The minimum Gasteiger partial charge on any atom is -0.497 e. The molecule has 1 aromatic carbocycles. The first kappa shape index (κ1) is 13.9. The number of aryl methyl sites for hydroxylation is 1. The van der Waals surface area contributed by atoms with Gasteiger partial charge in [0, 0.05) is 6.04 Å². The summed E-state index contributed by atoms with van der Waals surface area (Å²) in [5.74, 6) is 0.872. The molecule has 2 aromatic rings. The summed E-state index contributed by atoms with van der Waals surface area (Å²) in [7, 11) is 1.67. The Bertz CT molecular complexity index is 555. The first-order chi connectivity index (χ1) is 9.10. The first-order valence-electron chi connectivity index (χ1n) is 6.13. The molecule has 0 radical (unpaired) electrons. The van der Waals surface area contributed by atoms with Crippen LogP contribution >= 0.6 is 15.9 Å². The van der Waals surface area contributed by atoms with Gasteiger partial charge in [-0.15, -0.1) is 0 Å². The van der Waals surface area contributed by atoms with Gasteiger partial charge in [-0.1, -0.05) is 12.1 Å². The van der Waals surface area contributed by atoms with Gasteiger partial charge in [0.15, 0.2) is 0 Å². The second kappa shape index (κ2) is 6.06. The lowest BCUT2D eigenvalue weighted by Crippen LogP contribution is -2.07. The molecule has 1 atom stereocenters. The Kier molecular flexibility index (Phi) is 4.43. The average molecular weight is 321 g/mol. The molecule has 3 nitrogen and oxygen atoms in total. The summed E-state index contributed by atoms with van der Waals surface area (Å²) in [6, 6.07) is 10.4. The van der Waals surface area contributed by atoms with Crippen LogP contribution in [0.4, 0.5) is 5.69 Å². The van der Waals surface area contributed by atoms with E-state index in [0.29, 0.717) is 0 Å². The van der Waals surface area contributed by atoms with E-state index in [2.05, 4.69) is 51.4 Å². The van der Waals surface area contributed by atoms with Crippen molar-refractivity contribution < 1.29 is 4.74 Å². The zero-order chi connectivity index (χ0) is 13.8. The smallest absolute Gasteiger partial charge is 0.118 e. The standard InChI is InChI=1S/C15H17BrN2O/c1-10-8-13(9-17-15(10)16)18-11(2)12-4-6-14(19-3)7-5-12/h4-9,11,18H,1-3H3. The van der Waals surface area contributed by atoms with Crippen LogP contribution in [0.3, 0.4) is 0 Å². The van der Waals surface area contributed by atoms with Crippen molar-refractivity contribution in [2.45, 2.75) is 19.9 Å². The molecule has 1 aromatic heterocycles. The number of anilines is 1. The van der Waals surface area contributed by atoms with Gasteiger partial charge in [0.1, 0.15) is 10.4 Å². The maximum absolute atomic E-state index is 5.16. The molecule has 0 bridgehead atoms. The predicted octanol–water partition coefficient (Wildman–Crippen LogP) is 4.33. The Morgan fingerprint density at radius 3 is 2.53 bits per heavy atom. The number of rotatable bonds is 4. The van der Waals surface area contributed by atoms with Crippen molar-refractivity contribution in [1.29, 1.82) is 0 Å². The number of nitrogens with zero attached hydrogens (tertiary/aromatic N) is 1. The molecule has 2 rings (SSSR count). The molecule has 4 heteroatoms. The third-order valence-electron chi connectivity index (χ3n) is 3.01. The summed E-state index contributed by atoms with van der Waals surface area (Å²) < 4.78 is 6.04. The molecule has 1 N–H and O–H groups in total. The van der Waals surface area contributed by atoms with E-state index in [4.69, 9.17) is 4.74 Å². The van der Waals surface area contributed by atoms with Gasteiger partial charge in [0.05, 0.1) is 19.0 Å². The van der Waals surface area contributed by atoms with Crippen LogP contribution < -0.4 is 10.1 Å². The van der Waals surface area contributed by atoms with Gasteiger partial charge >= 0.3 is 0 Å². The van der Waals surface area contributed by atoms with Crippen molar-refractivity contribution in [1.82, 2.24) is 4.98 Å². The van der Waals surface area contributed by atoms with Crippen LogP contribution in [0.25, 0.3) is 0 Å². The fourth-order valence-corrected chi connectivity index (χ4v) is 2.08. The van der Waals surface area contributed by atoms with Crippen molar-refractivity contribution in [2.24, 2.45) is 0 Å². The fraction of sp³-hybridized carbons (Fsp3) is 0.267. The van der Waals surface area contributed by atoms with Crippen LogP contribution in [-0.2, 0) is 0 Å². The number of hydrogen-bond donors (Lipinski definition) is 1. The number of ether oxygens (including phenoxy) is 1. The highest BCUT2D eigenvalue weighted by Gasteiger charge is 2.06. The quantitative estimate of drug-likeness (QED) is 0.851. The molecule has 0 saturated heterocycles. The van der Waals surface area contributed by atoms with Gasteiger partial charge < -0.3 is 10.1 Å². The molecule has 0 aliphatic heterocycles. The molecule has 0 amide bonds. The number of methoxy groups -OCH3 is 1. The van der Waals surface area contributed by atoms with E-state index < -0.39 is 0 Å². The van der Waals surface area contributed by atoms with E-state index in [0.717, 1.165) is 21.6 Å². The molecule has 0 spiro atoms. The molecule has 19 heavy (non-hydrogen) atoms. The van der Waals surface area contributed by atoms with Crippen molar-refractivity contribution in [3.63, 3.8) is 0 Å². The predicted molar refractivity (Wildman–Crippen MR) is 81.7 cm³/mol. The van der Waals surface area contributed by atoms with Crippen LogP contribution in [0.15, 0.2) is 41.1 Å². The Morgan fingerprint density at radius 1 is 1.26 bits per heavy atom. The fourth-order valence-electron chi connectivity index (χ4n) is 1.86. The average Bonchev–Trinajstić information content (AvgIpc) is 2.43. The molecule has 0 fully saturated rings. The minimum absolute atomic E-state index is 0.216. The van der Waals surface area contributed by atoms with Crippen molar-refractivity contribution in [3.8, 4) is 5.75 Å². The van der Waals surface area contributed by atoms with E-state index in [1.807, 2.05) is 25.3 Å². The number of hydrogen-bond acceptors (Lipinski definition) is 3. The normalized spacial score (nSPS) is 12.0. The van der Waals surface area contributed by atoms with E-state index in [1.54, 1.807) is 7.11 Å². The van der Waals surface area contributed by atoms with E-state index >= 15 is 0 Å². The highest BCUT2D eigenvalue weighted by Crippen LogP contribution is 2.23. The molecular weight excluding hydrogens is 304 g/mol. The van der Waals surface area contributed by atoms with Crippen molar-refractivity contribution >= 4 is 21.6 Å². The summed E-state index contributed by atoms with van der Waals surface area (Å²) in [6.45, 7) is 4.15. The van der Waals surface area contributed by atoms with Crippen LogP contribution in [0, 0.1) is 6.92 Å². The Hall–Kier alpha value is -1.55. The second-order valence-corrected chi connectivity index (χ2v) is 5.22. The van der Waals surface area contributed by atoms with Crippen molar-refractivity contribution in [3.05, 3.63) is 52.3 Å².